The first-order valence-corrected chi connectivity index (χ1v) is 9.61. The van der Waals surface area contributed by atoms with Crippen LogP contribution in [-0.4, -0.2) is 51.5 Å². The van der Waals surface area contributed by atoms with E-state index in [1.54, 1.807) is 0 Å². The maximum absolute atomic E-state index is 13.5. The van der Waals surface area contributed by atoms with Crippen LogP contribution in [0.25, 0.3) is 0 Å². The highest BCUT2D eigenvalue weighted by atomic mass is 32.2. The van der Waals surface area contributed by atoms with Gasteiger partial charge in [-0.2, -0.15) is 0 Å². The van der Waals surface area contributed by atoms with Crippen molar-refractivity contribution >= 4 is 20.0 Å². The lowest BCUT2D eigenvalue weighted by Crippen LogP contribution is -2.46. The molecule has 0 radical (unpaired) electrons. The second kappa shape index (κ2) is 5.95. The molecule has 0 aromatic carbocycles. The SMILES string of the molecule is CS(=O)(=O)N1CCC(NS(=O)(=O)c2ncccc2F)CC1. The molecule has 21 heavy (non-hydrogen) atoms. The van der Waals surface area contributed by atoms with Crippen LogP contribution < -0.4 is 4.72 Å². The second-order valence-electron chi connectivity index (χ2n) is 4.85. The molecule has 10 heteroatoms. The van der Waals surface area contributed by atoms with E-state index in [-0.39, 0.29) is 13.1 Å². The van der Waals surface area contributed by atoms with Gasteiger partial charge in [-0.15, -0.1) is 0 Å². The molecule has 118 valence electrons. The Bertz CT molecular complexity index is 713. The number of aromatic nitrogens is 1. The van der Waals surface area contributed by atoms with Gasteiger partial charge < -0.3 is 0 Å². The predicted molar refractivity (Wildman–Crippen MR) is 74.0 cm³/mol. The first kappa shape index (κ1) is 16.3. The van der Waals surface area contributed by atoms with Gasteiger partial charge in [-0.1, -0.05) is 0 Å². The fourth-order valence-corrected chi connectivity index (χ4v) is 4.33. The first-order valence-electron chi connectivity index (χ1n) is 6.28. The molecule has 1 fully saturated rings. The third-order valence-electron chi connectivity index (χ3n) is 3.22. The van der Waals surface area contributed by atoms with Crippen molar-refractivity contribution in [3.63, 3.8) is 0 Å². The molecule has 1 aliphatic rings. The van der Waals surface area contributed by atoms with E-state index < -0.39 is 36.9 Å². The zero-order valence-electron chi connectivity index (χ0n) is 11.4. The van der Waals surface area contributed by atoms with E-state index in [2.05, 4.69) is 9.71 Å². The molecule has 0 atom stereocenters. The third kappa shape index (κ3) is 3.96. The molecular formula is C11H16FN3O4S2. The molecule has 1 aromatic rings. The van der Waals surface area contributed by atoms with Crippen LogP contribution in [0.5, 0.6) is 0 Å². The van der Waals surface area contributed by atoms with Crippen LogP contribution in [0, 0.1) is 5.82 Å². The standard InChI is InChI=1S/C11H16FN3O4S2/c1-20(16,17)15-7-4-9(5-8-15)14-21(18,19)11-10(12)3-2-6-13-11/h2-3,6,9,14H,4-5,7-8H2,1H3. The topological polar surface area (TPSA) is 96.4 Å². The lowest BCUT2D eigenvalue weighted by Gasteiger charge is -2.30. The summed E-state index contributed by atoms with van der Waals surface area (Å²) < 4.78 is 64.0. The quantitative estimate of drug-likeness (QED) is 0.829. The van der Waals surface area contributed by atoms with Gasteiger partial charge in [0.25, 0.3) is 10.0 Å². The minimum Gasteiger partial charge on any atom is -0.241 e. The summed E-state index contributed by atoms with van der Waals surface area (Å²) >= 11 is 0. The summed E-state index contributed by atoms with van der Waals surface area (Å²) in [6.45, 7) is 0.466. The maximum Gasteiger partial charge on any atom is 0.261 e. The van der Waals surface area contributed by atoms with Crippen molar-refractivity contribution in [3.8, 4) is 0 Å². The number of halogens is 1. The third-order valence-corrected chi connectivity index (χ3v) is 5.98. The normalized spacial score (nSPS) is 18.8. The van der Waals surface area contributed by atoms with Gasteiger partial charge in [0.1, 0.15) is 0 Å². The summed E-state index contributed by atoms with van der Waals surface area (Å²) in [7, 11) is -7.32. The van der Waals surface area contributed by atoms with Crippen molar-refractivity contribution in [2.75, 3.05) is 19.3 Å². The number of nitrogens with zero attached hydrogens (tertiary/aromatic N) is 2. The van der Waals surface area contributed by atoms with Crippen molar-refractivity contribution < 1.29 is 21.2 Å². The molecule has 1 saturated heterocycles. The van der Waals surface area contributed by atoms with Gasteiger partial charge in [0.15, 0.2) is 5.82 Å². The highest BCUT2D eigenvalue weighted by Gasteiger charge is 2.29. The van der Waals surface area contributed by atoms with Crippen molar-refractivity contribution in [3.05, 3.63) is 24.1 Å². The Labute approximate surface area is 123 Å². The molecule has 1 N–H and O–H groups in total. The summed E-state index contributed by atoms with van der Waals surface area (Å²) in [5.74, 6) is -0.918. The smallest absolute Gasteiger partial charge is 0.241 e. The van der Waals surface area contributed by atoms with Crippen LogP contribution in [-0.2, 0) is 20.0 Å². The largest absolute Gasteiger partial charge is 0.261 e. The maximum atomic E-state index is 13.5. The fraction of sp³-hybridized carbons (Fsp3) is 0.545. The Morgan fingerprint density at radius 3 is 2.43 bits per heavy atom. The number of pyridine rings is 1. The van der Waals surface area contributed by atoms with Gasteiger partial charge >= 0.3 is 0 Å². The number of rotatable bonds is 4. The highest BCUT2D eigenvalue weighted by Crippen LogP contribution is 2.17. The van der Waals surface area contributed by atoms with Crippen LogP contribution in [0.4, 0.5) is 4.39 Å². The van der Waals surface area contributed by atoms with Crippen LogP contribution >= 0.6 is 0 Å². The number of sulfonamides is 2. The Morgan fingerprint density at radius 2 is 1.90 bits per heavy atom. The number of hydrogen-bond acceptors (Lipinski definition) is 5. The lowest BCUT2D eigenvalue weighted by molar-refractivity contribution is 0.310. The van der Waals surface area contributed by atoms with E-state index in [1.807, 2.05) is 0 Å². The van der Waals surface area contributed by atoms with E-state index in [9.17, 15) is 21.2 Å². The molecule has 7 nitrogen and oxygen atoms in total. The summed E-state index contributed by atoms with van der Waals surface area (Å²) in [4.78, 5) is 3.54. The summed E-state index contributed by atoms with van der Waals surface area (Å²) in [6.07, 6.45) is 2.98. The van der Waals surface area contributed by atoms with Crippen molar-refractivity contribution in [1.82, 2.24) is 14.0 Å². The molecule has 0 aliphatic carbocycles. The molecule has 0 unspecified atom stereocenters. The van der Waals surface area contributed by atoms with Gasteiger partial charge in [0, 0.05) is 25.3 Å². The van der Waals surface area contributed by atoms with Crippen LogP contribution in [0.1, 0.15) is 12.8 Å². The van der Waals surface area contributed by atoms with Gasteiger partial charge in [0.05, 0.1) is 6.26 Å². The molecule has 1 aliphatic heterocycles. The average molecular weight is 337 g/mol. The predicted octanol–water partition coefficient (Wildman–Crippen LogP) is -0.0770. The van der Waals surface area contributed by atoms with Crippen LogP contribution in [0.3, 0.4) is 0 Å². The Morgan fingerprint density at radius 1 is 1.29 bits per heavy atom. The van der Waals surface area contributed by atoms with E-state index in [0.717, 1.165) is 12.3 Å². The molecule has 0 amide bonds. The summed E-state index contributed by atoms with van der Waals surface area (Å²) in [5.41, 5.74) is 0. The van der Waals surface area contributed by atoms with E-state index in [1.165, 1.54) is 16.6 Å². The second-order valence-corrected chi connectivity index (χ2v) is 8.46. The van der Waals surface area contributed by atoms with Gasteiger partial charge in [-0.3, -0.25) is 0 Å². The minimum absolute atomic E-state index is 0.233. The molecule has 0 bridgehead atoms. The highest BCUT2D eigenvalue weighted by molar-refractivity contribution is 7.89. The van der Waals surface area contributed by atoms with Gasteiger partial charge in [0.2, 0.25) is 15.0 Å². The molecule has 1 aromatic heterocycles. The molecule has 0 spiro atoms. The van der Waals surface area contributed by atoms with Crippen molar-refractivity contribution in [2.45, 2.75) is 23.9 Å². The average Bonchev–Trinajstić information content (AvgIpc) is 2.38. The van der Waals surface area contributed by atoms with E-state index >= 15 is 0 Å². The summed E-state index contributed by atoms with van der Waals surface area (Å²) in [6, 6.07) is 1.89. The number of hydrogen-bond donors (Lipinski definition) is 1. The number of piperidine rings is 1. The zero-order chi connectivity index (χ0) is 15.7. The Kier molecular flexibility index (Phi) is 4.61. The first-order chi connectivity index (χ1) is 9.70. The van der Waals surface area contributed by atoms with Gasteiger partial charge in [-0.05, 0) is 25.0 Å². The molecule has 0 saturated carbocycles. The zero-order valence-corrected chi connectivity index (χ0v) is 13.0. The molecule has 2 rings (SSSR count). The summed E-state index contributed by atoms with van der Waals surface area (Å²) in [5, 5.41) is -0.643. The number of nitrogens with one attached hydrogen (secondary N) is 1. The van der Waals surface area contributed by atoms with E-state index in [4.69, 9.17) is 0 Å². The monoisotopic (exact) mass is 337 g/mol. The van der Waals surface area contributed by atoms with Gasteiger partial charge in [-0.25, -0.2) is 35.2 Å². The Balaban J connectivity index is 2.05. The lowest BCUT2D eigenvalue weighted by atomic mass is 10.1. The minimum atomic E-state index is -4.05. The van der Waals surface area contributed by atoms with E-state index in [0.29, 0.717) is 12.8 Å². The molecular weight excluding hydrogens is 321 g/mol. The fourth-order valence-electron chi connectivity index (χ4n) is 2.15. The molecule has 2 heterocycles. The van der Waals surface area contributed by atoms with Crippen LogP contribution in [0.2, 0.25) is 0 Å². The van der Waals surface area contributed by atoms with Crippen molar-refractivity contribution in [1.29, 1.82) is 0 Å². The van der Waals surface area contributed by atoms with Crippen LogP contribution in [0.15, 0.2) is 23.4 Å². The van der Waals surface area contributed by atoms with Crippen molar-refractivity contribution in [2.24, 2.45) is 0 Å². The Hall–Kier alpha value is -1.10.